The molecule has 0 unspecified atom stereocenters. The number of aryl methyl sites for hydroxylation is 1. The first-order valence-electron chi connectivity index (χ1n) is 4.03. The lowest BCUT2D eigenvalue weighted by Gasteiger charge is -1.99. The highest BCUT2D eigenvalue weighted by Crippen LogP contribution is 2.18. The van der Waals surface area contributed by atoms with Crippen LogP contribution in [-0.2, 0) is 13.7 Å². The van der Waals surface area contributed by atoms with Crippen LogP contribution in [0.25, 0.3) is 11.0 Å². The van der Waals surface area contributed by atoms with Gasteiger partial charge >= 0.3 is 0 Å². The van der Waals surface area contributed by atoms with Crippen molar-refractivity contribution in [3.63, 3.8) is 0 Å². The lowest BCUT2D eigenvalue weighted by atomic mass is 10.3. The lowest BCUT2D eigenvalue weighted by Crippen LogP contribution is -1.95. The van der Waals surface area contributed by atoms with Crippen LogP contribution >= 0.6 is 0 Å². The van der Waals surface area contributed by atoms with E-state index >= 15 is 0 Å². The van der Waals surface area contributed by atoms with Crippen molar-refractivity contribution < 1.29 is 5.11 Å². The van der Waals surface area contributed by atoms with E-state index in [4.69, 9.17) is 10.8 Å². The average molecular weight is 177 g/mol. The number of aliphatic hydroxyl groups excluding tert-OH is 1. The van der Waals surface area contributed by atoms with E-state index in [1.807, 2.05) is 23.7 Å². The van der Waals surface area contributed by atoms with Crippen molar-refractivity contribution in [2.75, 3.05) is 5.73 Å². The van der Waals surface area contributed by atoms with Gasteiger partial charge in [0.2, 0.25) is 0 Å². The van der Waals surface area contributed by atoms with Gasteiger partial charge in [0, 0.05) is 12.7 Å². The molecule has 2 aromatic heterocycles. The molecule has 0 aromatic carbocycles. The third-order valence-electron chi connectivity index (χ3n) is 2.18. The number of fused-ring (bicyclic) bond motifs is 1. The number of hydrogen-bond acceptors (Lipinski definition) is 3. The second-order valence-corrected chi connectivity index (χ2v) is 3.03. The Kier molecular flexibility index (Phi) is 1.70. The van der Waals surface area contributed by atoms with E-state index in [9.17, 15) is 0 Å². The summed E-state index contributed by atoms with van der Waals surface area (Å²) in [6, 6.07) is 3.70. The normalized spacial score (nSPS) is 10.9. The van der Waals surface area contributed by atoms with Crippen LogP contribution in [0.3, 0.4) is 0 Å². The van der Waals surface area contributed by atoms with E-state index < -0.39 is 0 Å². The number of hydrogen-bond donors (Lipinski definition) is 2. The van der Waals surface area contributed by atoms with Gasteiger partial charge in [0.05, 0.1) is 29.5 Å². The van der Waals surface area contributed by atoms with Gasteiger partial charge in [-0.2, -0.15) is 0 Å². The molecule has 68 valence electrons. The van der Waals surface area contributed by atoms with E-state index in [1.165, 1.54) is 0 Å². The van der Waals surface area contributed by atoms with E-state index in [0.29, 0.717) is 5.69 Å². The molecule has 2 rings (SSSR count). The molecule has 0 bridgehead atoms. The Morgan fingerprint density at radius 2 is 2.31 bits per heavy atom. The summed E-state index contributed by atoms with van der Waals surface area (Å²) in [5.41, 5.74) is 8.89. The zero-order valence-electron chi connectivity index (χ0n) is 7.36. The first kappa shape index (κ1) is 8.07. The molecule has 13 heavy (non-hydrogen) atoms. The van der Waals surface area contributed by atoms with Crippen molar-refractivity contribution in [1.29, 1.82) is 0 Å². The second kappa shape index (κ2) is 2.74. The van der Waals surface area contributed by atoms with Crippen LogP contribution in [0.4, 0.5) is 5.69 Å². The molecule has 4 heteroatoms. The number of pyridine rings is 1. The predicted octanol–water partition coefficient (Wildman–Crippen LogP) is 0.648. The van der Waals surface area contributed by atoms with E-state index in [2.05, 4.69) is 4.98 Å². The summed E-state index contributed by atoms with van der Waals surface area (Å²) >= 11 is 0. The van der Waals surface area contributed by atoms with E-state index in [1.54, 1.807) is 6.20 Å². The summed E-state index contributed by atoms with van der Waals surface area (Å²) in [5, 5.41) is 9.01. The van der Waals surface area contributed by atoms with Crippen LogP contribution in [0.1, 0.15) is 5.69 Å². The molecule has 0 saturated heterocycles. The Bertz CT molecular complexity index is 447. The highest BCUT2D eigenvalue weighted by atomic mass is 16.3. The maximum Gasteiger partial charge on any atom is 0.0886 e. The van der Waals surface area contributed by atoms with Gasteiger partial charge in [-0.3, -0.25) is 4.98 Å². The fourth-order valence-corrected chi connectivity index (χ4v) is 1.42. The molecule has 0 radical (unpaired) electrons. The van der Waals surface area contributed by atoms with E-state index in [-0.39, 0.29) is 6.61 Å². The number of nitrogens with zero attached hydrogens (tertiary/aromatic N) is 2. The Hall–Kier alpha value is -1.55. The molecule has 0 aliphatic carbocycles. The predicted molar refractivity (Wildman–Crippen MR) is 51.0 cm³/mol. The molecular formula is C9H11N3O. The third-order valence-corrected chi connectivity index (χ3v) is 2.18. The van der Waals surface area contributed by atoms with Crippen molar-refractivity contribution in [2.45, 2.75) is 6.61 Å². The number of nitrogens with two attached hydrogens (primary N) is 1. The molecule has 0 fully saturated rings. The summed E-state index contributed by atoms with van der Waals surface area (Å²) < 4.78 is 1.89. The van der Waals surface area contributed by atoms with Crippen LogP contribution in [0.2, 0.25) is 0 Å². The van der Waals surface area contributed by atoms with Gasteiger partial charge in [-0.05, 0) is 12.1 Å². The van der Waals surface area contributed by atoms with Gasteiger partial charge in [-0.25, -0.2) is 0 Å². The topological polar surface area (TPSA) is 64.1 Å². The summed E-state index contributed by atoms with van der Waals surface area (Å²) in [4.78, 5) is 4.15. The van der Waals surface area contributed by atoms with Gasteiger partial charge in [-0.15, -0.1) is 0 Å². The molecular weight excluding hydrogens is 166 g/mol. The van der Waals surface area contributed by atoms with Crippen molar-refractivity contribution in [3.05, 3.63) is 24.0 Å². The zero-order valence-corrected chi connectivity index (χ0v) is 7.36. The Balaban J connectivity index is 2.77. The Morgan fingerprint density at radius 3 is 3.00 bits per heavy atom. The summed E-state index contributed by atoms with van der Waals surface area (Å²) in [6.45, 7) is 0.0206. The summed E-state index contributed by atoms with van der Waals surface area (Å²) in [5.74, 6) is 0. The van der Waals surface area contributed by atoms with Crippen LogP contribution in [0, 0.1) is 0 Å². The number of rotatable bonds is 1. The average Bonchev–Trinajstić information content (AvgIpc) is 2.44. The smallest absolute Gasteiger partial charge is 0.0886 e. The molecule has 0 aliphatic heterocycles. The van der Waals surface area contributed by atoms with Crippen molar-refractivity contribution in [1.82, 2.24) is 9.55 Å². The van der Waals surface area contributed by atoms with Crippen molar-refractivity contribution >= 4 is 16.7 Å². The number of nitrogen functional groups attached to an aromatic ring is 1. The minimum atomic E-state index is 0.0206. The number of aliphatic hydroxyl groups is 1. The highest BCUT2D eigenvalue weighted by Gasteiger charge is 2.05. The number of anilines is 1. The van der Waals surface area contributed by atoms with Crippen molar-refractivity contribution in [3.8, 4) is 0 Å². The third kappa shape index (κ3) is 1.15. The Morgan fingerprint density at radius 1 is 1.54 bits per heavy atom. The van der Waals surface area contributed by atoms with Gasteiger partial charge in [0.15, 0.2) is 0 Å². The molecule has 0 atom stereocenters. The standard InChI is InChI=1S/C9H11N3O/c1-12-7(5-13)3-8-9(12)2-6(10)4-11-8/h2-4,13H,5,10H2,1H3. The molecule has 0 spiro atoms. The molecule has 3 N–H and O–H groups in total. The lowest BCUT2D eigenvalue weighted by molar-refractivity contribution is 0.273. The molecule has 0 amide bonds. The van der Waals surface area contributed by atoms with Crippen LogP contribution in [-0.4, -0.2) is 14.7 Å². The quantitative estimate of drug-likeness (QED) is 0.672. The van der Waals surface area contributed by atoms with Gasteiger partial charge < -0.3 is 15.4 Å². The monoisotopic (exact) mass is 177 g/mol. The first-order chi connectivity index (χ1) is 6.22. The minimum absolute atomic E-state index is 0.0206. The molecule has 2 heterocycles. The molecule has 0 aliphatic rings. The van der Waals surface area contributed by atoms with Crippen LogP contribution in [0.5, 0.6) is 0 Å². The summed E-state index contributed by atoms with van der Waals surface area (Å²) in [7, 11) is 1.88. The molecule has 4 nitrogen and oxygen atoms in total. The molecule has 2 aromatic rings. The first-order valence-corrected chi connectivity index (χ1v) is 4.03. The largest absolute Gasteiger partial charge is 0.397 e. The second-order valence-electron chi connectivity index (χ2n) is 3.03. The van der Waals surface area contributed by atoms with Gasteiger partial charge in [-0.1, -0.05) is 0 Å². The van der Waals surface area contributed by atoms with Crippen molar-refractivity contribution in [2.24, 2.45) is 7.05 Å². The highest BCUT2D eigenvalue weighted by molar-refractivity contribution is 5.79. The van der Waals surface area contributed by atoms with Crippen LogP contribution < -0.4 is 5.73 Å². The fraction of sp³-hybridized carbons (Fsp3) is 0.222. The SMILES string of the molecule is Cn1c(CO)cc2ncc(N)cc21. The summed E-state index contributed by atoms with van der Waals surface area (Å²) in [6.07, 6.45) is 1.61. The fourth-order valence-electron chi connectivity index (χ4n) is 1.42. The zero-order chi connectivity index (χ0) is 9.42. The van der Waals surface area contributed by atoms with Gasteiger partial charge in [0.1, 0.15) is 0 Å². The Labute approximate surface area is 75.6 Å². The maximum absolute atomic E-state index is 9.01. The van der Waals surface area contributed by atoms with Gasteiger partial charge in [0.25, 0.3) is 0 Å². The van der Waals surface area contributed by atoms with Crippen LogP contribution in [0.15, 0.2) is 18.3 Å². The number of aromatic nitrogens is 2. The maximum atomic E-state index is 9.01. The molecule has 0 saturated carbocycles. The minimum Gasteiger partial charge on any atom is -0.397 e. The van der Waals surface area contributed by atoms with E-state index in [0.717, 1.165) is 16.7 Å².